The number of aromatic hydroxyl groups is 1. The van der Waals surface area contributed by atoms with E-state index in [0.717, 1.165) is 5.56 Å². The summed E-state index contributed by atoms with van der Waals surface area (Å²) < 4.78 is 0. The molecule has 0 aliphatic rings. The van der Waals surface area contributed by atoms with E-state index in [9.17, 15) is 5.11 Å². The molecule has 4 heteroatoms. The minimum atomic E-state index is 0.178. The van der Waals surface area contributed by atoms with Crippen molar-refractivity contribution < 1.29 is 5.11 Å². The molecule has 0 bridgehead atoms. The summed E-state index contributed by atoms with van der Waals surface area (Å²) >= 11 is 0. The number of benzene rings is 1. The lowest BCUT2D eigenvalue weighted by atomic mass is 10.1. The van der Waals surface area contributed by atoms with E-state index < -0.39 is 0 Å². The van der Waals surface area contributed by atoms with E-state index in [1.807, 2.05) is 19.1 Å². The molecule has 0 radical (unpaired) electrons. The molecule has 76 valence electrons. The van der Waals surface area contributed by atoms with Crippen LogP contribution in [0.25, 0.3) is 10.4 Å². The quantitative estimate of drug-likeness (QED) is 0.258. The second-order valence-electron chi connectivity index (χ2n) is 3.03. The Kier molecular flexibility index (Phi) is 4.08. The van der Waals surface area contributed by atoms with Gasteiger partial charge < -0.3 is 5.11 Å². The van der Waals surface area contributed by atoms with E-state index in [0.29, 0.717) is 18.5 Å². The number of hydrogen-bond acceptors (Lipinski definition) is 2. The fourth-order valence-corrected chi connectivity index (χ4v) is 1.06. The molecule has 0 saturated carbocycles. The summed E-state index contributed by atoms with van der Waals surface area (Å²) in [6.45, 7) is 2.29. The maximum absolute atomic E-state index is 9.45. The van der Waals surface area contributed by atoms with Crippen molar-refractivity contribution in [3.05, 3.63) is 39.8 Å². The Morgan fingerprint density at radius 2 is 2.33 bits per heavy atom. The average Bonchev–Trinajstić information content (AvgIpc) is 2.23. The number of phenols is 1. The first-order chi connectivity index (χ1) is 7.24. The van der Waals surface area contributed by atoms with Gasteiger partial charge in [-0.1, -0.05) is 23.0 Å². The standard InChI is InChI=1S/C11H11N3O/c1-9-5-6-11(15)10(8-9)4-2-3-7-13-14-12/h5-6,8,15H,3,7H2,1H3. The van der Waals surface area contributed by atoms with Crippen LogP contribution in [0.5, 0.6) is 5.75 Å². The Bertz CT molecular complexity index is 451. The second kappa shape index (κ2) is 5.58. The van der Waals surface area contributed by atoms with Gasteiger partial charge in [-0.15, -0.1) is 0 Å². The minimum absolute atomic E-state index is 0.178. The van der Waals surface area contributed by atoms with Crippen LogP contribution in [-0.2, 0) is 0 Å². The average molecular weight is 201 g/mol. The summed E-state index contributed by atoms with van der Waals surface area (Å²) in [6, 6.07) is 5.25. The van der Waals surface area contributed by atoms with Crippen LogP contribution in [0.15, 0.2) is 23.3 Å². The van der Waals surface area contributed by atoms with Gasteiger partial charge in [-0.25, -0.2) is 0 Å². The van der Waals surface area contributed by atoms with Gasteiger partial charge in [-0.3, -0.25) is 0 Å². The number of azide groups is 1. The molecule has 0 heterocycles. The molecule has 1 aromatic carbocycles. The zero-order valence-corrected chi connectivity index (χ0v) is 8.44. The molecule has 0 saturated heterocycles. The number of phenolic OH excluding ortho intramolecular Hbond substituents is 1. The van der Waals surface area contributed by atoms with Crippen molar-refractivity contribution in [2.75, 3.05) is 6.54 Å². The Hall–Kier alpha value is -2.11. The molecule has 0 unspecified atom stereocenters. The van der Waals surface area contributed by atoms with Gasteiger partial charge in [0, 0.05) is 17.9 Å². The van der Waals surface area contributed by atoms with Gasteiger partial charge in [0.2, 0.25) is 0 Å². The molecule has 1 aromatic rings. The van der Waals surface area contributed by atoms with Crippen molar-refractivity contribution in [3.63, 3.8) is 0 Å². The molecule has 1 N–H and O–H groups in total. The predicted molar refractivity (Wildman–Crippen MR) is 58.4 cm³/mol. The lowest BCUT2D eigenvalue weighted by Gasteiger charge is -1.97. The molecule has 15 heavy (non-hydrogen) atoms. The third kappa shape index (κ3) is 3.63. The summed E-state index contributed by atoms with van der Waals surface area (Å²) in [5, 5.41) is 12.8. The van der Waals surface area contributed by atoms with Crippen molar-refractivity contribution >= 4 is 0 Å². The molecule has 0 aliphatic heterocycles. The van der Waals surface area contributed by atoms with Crippen LogP contribution in [0.4, 0.5) is 0 Å². The maximum Gasteiger partial charge on any atom is 0.131 e. The van der Waals surface area contributed by atoms with Gasteiger partial charge in [0.05, 0.1) is 5.56 Å². The van der Waals surface area contributed by atoms with Crippen LogP contribution in [0.2, 0.25) is 0 Å². The first kappa shape index (κ1) is 11.0. The van der Waals surface area contributed by atoms with Crippen molar-refractivity contribution in [1.29, 1.82) is 0 Å². The molecule has 0 atom stereocenters. The van der Waals surface area contributed by atoms with Crippen LogP contribution >= 0.6 is 0 Å². The molecule has 0 aliphatic carbocycles. The smallest absolute Gasteiger partial charge is 0.131 e. The third-order valence-corrected chi connectivity index (χ3v) is 1.78. The van der Waals surface area contributed by atoms with Crippen LogP contribution in [0, 0.1) is 18.8 Å². The topological polar surface area (TPSA) is 69.0 Å². The SMILES string of the molecule is Cc1ccc(O)c(C#CCCN=[N+]=[N-])c1. The fourth-order valence-electron chi connectivity index (χ4n) is 1.06. The highest BCUT2D eigenvalue weighted by atomic mass is 16.3. The highest BCUT2D eigenvalue weighted by Crippen LogP contribution is 2.16. The van der Waals surface area contributed by atoms with E-state index in [-0.39, 0.29) is 5.75 Å². The van der Waals surface area contributed by atoms with Crippen molar-refractivity contribution in [3.8, 4) is 17.6 Å². The highest BCUT2D eigenvalue weighted by Gasteiger charge is 1.95. The van der Waals surface area contributed by atoms with Gasteiger partial charge in [-0.05, 0) is 30.2 Å². The lowest BCUT2D eigenvalue weighted by molar-refractivity contribution is 0.473. The Labute approximate surface area is 88.2 Å². The largest absolute Gasteiger partial charge is 0.507 e. The van der Waals surface area contributed by atoms with Gasteiger partial charge in [0.25, 0.3) is 0 Å². The van der Waals surface area contributed by atoms with Crippen LogP contribution in [-0.4, -0.2) is 11.7 Å². The van der Waals surface area contributed by atoms with Crippen molar-refractivity contribution in [2.24, 2.45) is 5.11 Å². The van der Waals surface area contributed by atoms with Crippen LogP contribution < -0.4 is 0 Å². The summed E-state index contributed by atoms with van der Waals surface area (Å²) in [4.78, 5) is 2.62. The van der Waals surface area contributed by atoms with E-state index in [1.54, 1.807) is 6.07 Å². The molecule has 0 spiro atoms. The molecular weight excluding hydrogens is 190 g/mol. The Morgan fingerprint density at radius 1 is 1.53 bits per heavy atom. The summed E-state index contributed by atoms with van der Waals surface area (Å²) in [6.07, 6.45) is 0.497. The summed E-state index contributed by atoms with van der Waals surface area (Å²) in [7, 11) is 0. The number of rotatable bonds is 2. The molecule has 0 aromatic heterocycles. The summed E-state index contributed by atoms with van der Waals surface area (Å²) in [5.41, 5.74) is 9.69. The zero-order chi connectivity index (χ0) is 11.1. The predicted octanol–water partition coefficient (Wildman–Crippen LogP) is 2.75. The number of aryl methyl sites for hydroxylation is 1. The lowest BCUT2D eigenvalue weighted by Crippen LogP contribution is -1.80. The van der Waals surface area contributed by atoms with Crippen LogP contribution in [0.3, 0.4) is 0 Å². The van der Waals surface area contributed by atoms with E-state index in [1.165, 1.54) is 0 Å². The maximum atomic E-state index is 9.45. The monoisotopic (exact) mass is 201 g/mol. The molecule has 1 rings (SSSR count). The van der Waals surface area contributed by atoms with Gasteiger partial charge in [0.15, 0.2) is 0 Å². The van der Waals surface area contributed by atoms with E-state index in [4.69, 9.17) is 5.53 Å². The minimum Gasteiger partial charge on any atom is -0.507 e. The molecule has 4 nitrogen and oxygen atoms in total. The first-order valence-electron chi connectivity index (χ1n) is 4.53. The number of nitrogens with zero attached hydrogens (tertiary/aromatic N) is 3. The van der Waals surface area contributed by atoms with E-state index >= 15 is 0 Å². The van der Waals surface area contributed by atoms with Gasteiger partial charge >= 0.3 is 0 Å². The summed E-state index contributed by atoms with van der Waals surface area (Å²) in [5.74, 6) is 5.84. The first-order valence-corrected chi connectivity index (χ1v) is 4.53. The Morgan fingerprint density at radius 3 is 3.07 bits per heavy atom. The van der Waals surface area contributed by atoms with Gasteiger partial charge in [-0.2, -0.15) is 0 Å². The van der Waals surface area contributed by atoms with Crippen molar-refractivity contribution in [1.82, 2.24) is 0 Å². The molecular formula is C11H11N3O. The third-order valence-electron chi connectivity index (χ3n) is 1.78. The number of hydrogen-bond donors (Lipinski definition) is 1. The van der Waals surface area contributed by atoms with E-state index in [2.05, 4.69) is 21.9 Å². The van der Waals surface area contributed by atoms with Crippen LogP contribution in [0.1, 0.15) is 17.5 Å². The second-order valence-corrected chi connectivity index (χ2v) is 3.03. The highest BCUT2D eigenvalue weighted by molar-refractivity contribution is 5.47. The zero-order valence-electron chi connectivity index (χ0n) is 8.44. The molecule has 0 fully saturated rings. The molecule has 0 amide bonds. The normalized spacial score (nSPS) is 8.60. The Balaban J connectivity index is 2.70. The van der Waals surface area contributed by atoms with Gasteiger partial charge in [0.1, 0.15) is 5.75 Å². The fraction of sp³-hybridized carbons (Fsp3) is 0.273. The van der Waals surface area contributed by atoms with Crippen molar-refractivity contribution in [2.45, 2.75) is 13.3 Å².